The molecule has 28 heavy (non-hydrogen) atoms. The zero-order valence-corrected chi connectivity index (χ0v) is 17.0. The number of para-hydroxylation sites is 1. The number of hydrogen-bond acceptors (Lipinski definition) is 4. The minimum Gasteiger partial charge on any atom is -0.421 e. The third-order valence-corrected chi connectivity index (χ3v) is 5.61. The summed E-state index contributed by atoms with van der Waals surface area (Å²) < 4.78 is 5.93. The van der Waals surface area contributed by atoms with Crippen LogP contribution in [0.15, 0.2) is 52.9 Å². The van der Waals surface area contributed by atoms with Gasteiger partial charge in [0.25, 0.3) is 0 Å². The molecule has 0 bridgehead atoms. The quantitative estimate of drug-likeness (QED) is 0.676. The molecule has 0 fully saturated rings. The summed E-state index contributed by atoms with van der Waals surface area (Å²) in [4.78, 5) is 14.6. The molecule has 3 aromatic rings. The molecule has 2 aromatic carbocycles. The Labute approximate surface area is 165 Å². The van der Waals surface area contributed by atoms with E-state index in [1.807, 2.05) is 50.4 Å². The summed E-state index contributed by atoms with van der Waals surface area (Å²) in [5, 5.41) is 8.43. The van der Waals surface area contributed by atoms with Gasteiger partial charge in [0.2, 0.25) is 17.7 Å². The monoisotopic (exact) mass is 375 g/mol. The van der Waals surface area contributed by atoms with E-state index in [0.717, 1.165) is 16.8 Å². The number of benzene rings is 2. The van der Waals surface area contributed by atoms with Crippen LogP contribution < -0.4 is 4.90 Å². The summed E-state index contributed by atoms with van der Waals surface area (Å²) in [7, 11) is 1.81. The molecule has 0 aliphatic carbocycles. The standard InChI is InChI=1S/C23H25N3O2/c1-22(2,3)16-12-10-15(11-13-16)20-25-24-19(28-20)14-23(4)17-8-6-7-9-18(17)26(5)21(23)27/h6-13H,14H2,1-5H3/t23-/m1/s1. The van der Waals surface area contributed by atoms with Gasteiger partial charge in [-0.15, -0.1) is 10.2 Å². The van der Waals surface area contributed by atoms with Crippen LogP contribution in [0.5, 0.6) is 0 Å². The van der Waals surface area contributed by atoms with Gasteiger partial charge in [0.05, 0.1) is 5.41 Å². The lowest BCUT2D eigenvalue weighted by atomic mass is 9.80. The van der Waals surface area contributed by atoms with Crippen LogP contribution in [0.2, 0.25) is 0 Å². The molecule has 144 valence electrons. The van der Waals surface area contributed by atoms with Crippen molar-refractivity contribution in [2.75, 3.05) is 11.9 Å². The third kappa shape index (κ3) is 2.91. The summed E-state index contributed by atoms with van der Waals surface area (Å²) >= 11 is 0. The minimum atomic E-state index is -0.703. The summed E-state index contributed by atoms with van der Waals surface area (Å²) in [6, 6.07) is 16.1. The van der Waals surface area contributed by atoms with E-state index < -0.39 is 5.41 Å². The fraction of sp³-hybridized carbons (Fsp3) is 0.348. The topological polar surface area (TPSA) is 59.2 Å². The molecule has 4 rings (SSSR count). The maximum Gasteiger partial charge on any atom is 0.247 e. The van der Waals surface area contributed by atoms with Crippen LogP contribution in [0.25, 0.3) is 11.5 Å². The fourth-order valence-corrected chi connectivity index (χ4v) is 3.86. The van der Waals surface area contributed by atoms with E-state index in [4.69, 9.17) is 4.42 Å². The van der Waals surface area contributed by atoms with Gasteiger partial charge in [0.1, 0.15) is 0 Å². The number of fused-ring (bicyclic) bond motifs is 1. The molecule has 0 N–H and O–H groups in total. The first kappa shape index (κ1) is 18.4. The summed E-state index contributed by atoms with van der Waals surface area (Å²) in [6.45, 7) is 8.49. The Bertz CT molecular complexity index is 1030. The normalized spacial score (nSPS) is 19.2. The first-order valence-electron chi connectivity index (χ1n) is 9.51. The van der Waals surface area contributed by atoms with Gasteiger partial charge in [-0.3, -0.25) is 4.79 Å². The predicted octanol–water partition coefficient (Wildman–Crippen LogP) is 4.51. The number of carbonyl (C=O) groups is 1. The van der Waals surface area contributed by atoms with Crippen LogP contribution in [-0.2, 0) is 22.0 Å². The van der Waals surface area contributed by atoms with Gasteiger partial charge in [-0.1, -0.05) is 51.1 Å². The molecule has 0 spiro atoms. The van der Waals surface area contributed by atoms with Crippen LogP contribution in [-0.4, -0.2) is 23.2 Å². The van der Waals surface area contributed by atoms with E-state index in [1.54, 1.807) is 4.90 Å². The predicted molar refractivity (Wildman–Crippen MR) is 109 cm³/mol. The largest absolute Gasteiger partial charge is 0.421 e. The Morgan fingerprint density at radius 1 is 1.04 bits per heavy atom. The van der Waals surface area contributed by atoms with Crippen molar-refractivity contribution in [1.82, 2.24) is 10.2 Å². The maximum absolute atomic E-state index is 12.9. The van der Waals surface area contributed by atoms with Crippen molar-refractivity contribution in [3.63, 3.8) is 0 Å². The molecule has 0 saturated heterocycles. The van der Waals surface area contributed by atoms with Gasteiger partial charge in [0.15, 0.2) is 0 Å². The fourth-order valence-electron chi connectivity index (χ4n) is 3.86. The molecule has 1 aromatic heterocycles. The number of hydrogen-bond donors (Lipinski definition) is 0. The van der Waals surface area contributed by atoms with Gasteiger partial charge in [-0.05, 0) is 41.7 Å². The third-order valence-electron chi connectivity index (χ3n) is 5.61. The second-order valence-corrected chi connectivity index (χ2v) is 8.72. The first-order chi connectivity index (χ1) is 13.2. The number of anilines is 1. The maximum atomic E-state index is 12.9. The van der Waals surface area contributed by atoms with Crippen molar-refractivity contribution in [2.24, 2.45) is 0 Å². The molecule has 2 heterocycles. The van der Waals surface area contributed by atoms with Crippen molar-refractivity contribution >= 4 is 11.6 Å². The summed E-state index contributed by atoms with van der Waals surface area (Å²) in [5.74, 6) is 0.991. The van der Waals surface area contributed by atoms with Gasteiger partial charge in [-0.25, -0.2) is 0 Å². The first-order valence-corrected chi connectivity index (χ1v) is 9.51. The molecule has 5 heteroatoms. The number of amides is 1. The Morgan fingerprint density at radius 3 is 2.39 bits per heavy atom. The second kappa shape index (κ2) is 6.30. The van der Waals surface area contributed by atoms with E-state index >= 15 is 0 Å². The molecular weight excluding hydrogens is 350 g/mol. The highest BCUT2D eigenvalue weighted by molar-refractivity contribution is 6.07. The zero-order valence-electron chi connectivity index (χ0n) is 17.0. The lowest BCUT2D eigenvalue weighted by Crippen LogP contribution is -2.37. The van der Waals surface area contributed by atoms with E-state index in [-0.39, 0.29) is 11.3 Å². The van der Waals surface area contributed by atoms with Crippen LogP contribution >= 0.6 is 0 Å². The molecule has 1 aliphatic heterocycles. The lowest BCUT2D eigenvalue weighted by Gasteiger charge is -2.21. The number of carbonyl (C=O) groups excluding carboxylic acids is 1. The van der Waals surface area contributed by atoms with Crippen molar-refractivity contribution in [1.29, 1.82) is 0 Å². The van der Waals surface area contributed by atoms with Crippen molar-refractivity contribution in [3.05, 3.63) is 65.5 Å². The molecule has 1 amide bonds. The Balaban J connectivity index is 1.61. The zero-order chi connectivity index (χ0) is 20.1. The Hall–Kier alpha value is -2.95. The highest BCUT2D eigenvalue weighted by Gasteiger charge is 2.46. The summed E-state index contributed by atoms with van der Waals surface area (Å²) in [6.07, 6.45) is 0.375. The Morgan fingerprint density at radius 2 is 1.71 bits per heavy atom. The number of aromatic nitrogens is 2. The molecular formula is C23H25N3O2. The molecule has 1 atom stereocenters. The Kier molecular flexibility index (Phi) is 4.14. The molecule has 0 saturated carbocycles. The van der Waals surface area contributed by atoms with Crippen molar-refractivity contribution < 1.29 is 9.21 Å². The number of rotatable bonds is 3. The molecule has 0 unspecified atom stereocenters. The lowest BCUT2D eigenvalue weighted by molar-refractivity contribution is -0.122. The molecule has 1 aliphatic rings. The highest BCUT2D eigenvalue weighted by atomic mass is 16.4. The van der Waals surface area contributed by atoms with E-state index in [9.17, 15) is 4.79 Å². The van der Waals surface area contributed by atoms with E-state index in [2.05, 4.69) is 43.1 Å². The SMILES string of the molecule is CN1C(=O)[C@](C)(Cc2nnc(-c3ccc(C(C)(C)C)cc3)o2)c2ccccc21. The van der Waals surface area contributed by atoms with Crippen LogP contribution in [0, 0.1) is 0 Å². The molecule has 0 radical (unpaired) electrons. The highest BCUT2D eigenvalue weighted by Crippen LogP contribution is 2.42. The molecule has 5 nitrogen and oxygen atoms in total. The van der Waals surface area contributed by atoms with Gasteiger partial charge in [0, 0.05) is 24.7 Å². The second-order valence-electron chi connectivity index (χ2n) is 8.72. The van der Waals surface area contributed by atoms with Gasteiger partial charge < -0.3 is 9.32 Å². The van der Waals surface area contributed by atoms with E-state index in [1.165, 1.54) is 5.56 Å². The van der Waals surface area contributed by atoms with Crippen LogP contribution in [0.1, 0.15) is 44.7 Å². The summed E-state index contributed by atoms with van der Waals surface area (Å²) in [5.41, 5.74) is 3.46. The van der Waals surface area contributed by atoms with Crippen LogP contribution in [0.4, 0.5) is 5.69 Å². The van der Waals surface area contributed by atoms with Crippen LogP contribution in [0.3, 0.4) is 0 Å². The number of nitrogens with zero attached hydrogens (tertiary/aromatic N) is 3. The minimum absolute atomic E-state index is 0.0444. The van der Waals surface area contributed by atoms with Gasteiger partial charge >= 0.3 is 0 Å². The number of likely N-dealkylation sites (N-methyl/N-ethyl adjacent to an activating group) is 1. The van der Waals surface area contributed by atoms with E-state index in [0.29, 0.717) is 18.2 Å². The van der Waals surface area contributed by atoms with Gasteiger partial charge in [-0.2, -0.15) is 0 Å². The van der Waals surface area contributed by atoms with Crippen molar-refractivity contribution in [3.8, 4) is 11.5 Å². The smallest absolute Gasteiger partial charge is 0.247 e. The average molecular weight is 375 g/mol. The average Bonchev–Trinajstić information content (AvgIpc) is 3.20. The van der Waals surface area contributed by atoms with Crippen molar-refractivity contribution in [2.45, 2.75) is 44.9 Å².